The van der Waals surface area contributed by atoms with E-state index in [-0.39, 0.29) is 42.6 Å². The SMILES string of the molecule is Cn1cc(-c2ccc3cc(Cl)ccc3c2)nc1C(=O)C(=O)N[C@H](CN1CCCC1)[C@H](O)c1cc(F)c2c(c1)OCCO2. The number of imidazole rings is 1. The van der Waals surface area contributed by atoms with E-state index in [9.17, 15) is 19.1 Å². The van der Waals surface area contributed by atoms with Gasteiger partial charge in [-0.25, -0.2) is 9.37 Å². The van der Waals surface area contributed by atoms with E-state index >= 15 is 0 Å². The first-order chi connectivity index (χ1) is 20.3. The monoisotopic (exact) mass is 592 g/mol. The molecule has 0 radical (unpaired) electrons. The molecule has 2 aliphatic heterocycles. The number of benzene rings is 3. The number of nitrogens with zero attached hydrogens (tertiary/aromatic N) is 3. The lowest BCUT2D eigenvalue weighted by Gasteiger charge is -2.29. The van der Waals surface area contributed by atoms with Crippen molar-refractivity contribution in [3.63, 3.8) is 0 Å². The van der Waals surface area contributed by atoms with Gasteiger partial charge in [-0.2, -0.15) is 0 Å². The highest BCUT2D eigenvalue weighted by molar-refractivity contribution is 6.42. The molecule has 1 fully saturated rings. The lowest BCUT2D eigenvalue weighted by Crippen LogP contribution is -2.49. The molecule has 1 saturated heterocycles. The minimum absolute atomic E-state index is 0.00620. The number of carbonyl (C=O) groups is 2. The fourth-order valence-electron chi connectivity index (χ4n) is 5.53. The van der Waals surface area contributed by atoms with E-state index in [1.54, 1.807) is 19.3 Å². The van der Waals surface area contributed by atoms with Gasteiger partial charge in [0.15, 0.2) is 23.1 Å². The highest BCUT2D eigenvalue weighted by Gasteiger charge is 2.32. The third kappa shape index (κ3) is 5.70. The number of rotatable bonds is 8. The number of hydrogen-bond donors (Lipinski definition) is 2. The number of aromatic nitrogens is 2. The van der Waals surface area contributed by atoms with Crippen LogP contribution in [-0.4, -0.2) is 70.1 Å². The smallest absolute Gasteiger partial charge is 0.296 e. The molecule has 0 unspecified atom stereocenters. The van der Waals surface area contributed by atoms with Crippen molar-refractivity contribution >= 4 is 34.1 Å². The molecule has 2 atom stereocenters. The fourth-order valence-corrected chi connectivity index (χ4v) is 5.71. The predicted octanol–water partition coefficient (Wildman–Crippen LogP) is 4.30. The third-order valence-corrected chi connectivity index (χ3v) is 7.93. The van der Waals surface area contributed by atoms with Crippen molar-refractivity contribution in [2.45, 2.75) is 25.0 Å². The molecule has 9 nitrogen and oxygen atoms in total. The van der Waals surface area contributed by atoms with Crippen molar-refractivity contribution in [2.24, 2.45) is 7.05 Å². The van der Waals surface area contributed by atoms with Gasteiger partial charge in [-0.15, -0.1) is 0 Å². The topological polar surface area (TPSA) is 106 Å². The van der Waals surface area contributed by atoms with Gasteiger partial charge in [0, 0.05) is 30.4 Å². The fraction of sp³-hybridized carbons (Fsp3) is 0.323. The summed E-state index contributed by atoms with van der Waals surface area (Å²) in [5, 5.41) is 16.6. The number of halogens is 2. The summed E-state index contributed by atoms with van der Waals surface area (Å²) in [7, 11) is 1.65. The predicted molar refractivity (Wildman–Crippen MR) is 155 cm³/mol. The molecule has 0 saturated carbocycles. The lowest BCUT2D eigenvalue weighted by molar-refractivity contribution is -0.118. The minimum atomic E-state index is -1.31. The van der Waals surface area contributed by atoms with Crippen LogP contribution < -0.4 is 14.8 Å². The Balaban J connectivity index is 1.23. The zero-order valence-electron chi connectivity index (χ0n) is 23.0. The third-order valence-electron chi connectivity index (χ3n) is 7.70. The summed E-state index contributed by atoms with van der Waals surface area (Å²) in [5.41, 5.74) is 1.53. The van der Waals surface area contributed by atoms with Crippen LogP contribution >= 0.6 is 11.6 Å². The molecule has 0 aliphatic carbocycles. The Hall–Kier alpha value is -3.99. The van der Waals surface area contributed by atoms with Crippen molar-refractivity contribution < 1.29 is 28.6 Å². The molecule has 0 spiro atoms. The van der Waals surface area contributed by atoms with Gasteiger partial charge in [0.2, 0.25) is 0 Å². The van der Waals surface area contributed by atoms with Crippen LogP contribution in [0.5, 0.6) is 11.5 Å². The lowest BCUT2D eigenvalue weighted by atomic mass is 10.00. The van der Waals surface area contributed by atoms with Crippen molar-refractivity contribution in [2.75, 3.05) is 32.8 Å². The van der Waals surface area contributed by atoms with Gasteiger partial charge >= 0.3 is 0 Å². The first kappa shape index (κ1) is 28.1. The number of Topliss-reactive ketones (excluding diaryl/α,β-unsaturated/α-hetero) is 1. The zero-order valence-corrected chi connectivity index (χ0v) is 23.7. The quantitative estimate of drug-likeness (QED) is 0.232. The number of aliphatic hydroxyl groups is 1. The Labute approximate surface area is 246 Å². The summed E-state index contributed by atoms with van der Waals surface area (Å²) in [5.74, 6) is -2.28. The van der Waals surface area contributed by atoms with Crippen LogP contribution in [0.4, 0.5) is 4.39 Å². The largest absolute Gasteiger partial charge is 0.486 e. The Kier molecular flexibility index (Phi) is 7.85. The summed E-state index contributed by atoms with van der Waals surface area (Å²) in [6, 6.07) is 13.1. The van der Waals surface area contributed by atoms with Crippen LogP contribution in [0.2, 0.25) is 5.02 Å². The number of nitrogens with one attached hydrogen (secondary N) is 1. The van der Waals surface area contributed by atoms with Crippen LogP contribution in [0.3, 0.4) is 0 Å². The van der Waals surface area contributed by atoms with Crippen LogP contribution in [0.15, 0.2) is 54.7 Å². The number of hydrogen-bond acceptors (Lipinski definition) is 7. The molecule has 0 bridgehead atoms. The maximum atomic E-state index is 14.8. The van der Waals surface area contributed by atoms with Gasteiger partial charge in [-0.05, 0) is 72.6 Å². The van der Waals surface area contributed by atoms with Gasteiger partial charge < -0.3 is 29.4 Å². The maximum Gasteiger partial charge on any atom is 0.296 e. The van der Waals surface area contributed by atoms with E-state index in [0.717, 1.165) is 42.3 Å². The van der Waals surface area contributed by atoms with Crippen LogP contribution in [-0.2, 0) is 11.8 Å². The Morgan fingerprint density at radius 3 is 2.62 bits per heavy atom. The molecule has 2 N–H and O–H groups in total. The molecule has 1 aromatic heterocycles. The van der Waals surface area contributed by atoms with E-state index in [1.165, 1.54) is 16.7 Å². The molecule has 42 heavy (non-hydrogen) atoms. The first-order valence-corrected chi connectivity index (χ1v) is 14.2. The van der Waals surface area contributed by atoms with Crippen LogP contribution in [0.25, 0.3) is 22.0 Å². The Morgan fingerprint density at radius 1 is 1.07 bits per heavy atom. The van der Waals surface area contributed by atoms with E-state index in [2.05, 4.69) is 15.2 Å². The van der Waals surface area contributed by atoms with Crippen LogP contribution in [0.1, 0.15) is 35.1 Å². The molecule has 6 rings (SSSR count). The molecule has 3 aromatic carbocycles. The second kappa shape index (κ2) is 11.7. The summed E-state index contributed by atoms with van der Waals surface area (Å²) in [6.45, 7) is 2.36. The first-order valence-electron chi connectivity index (χ1n) is 13.8. The molecule has 2 aliphatic rings. The second-order valence-corrected chi connectivity index (χ2v) is 11.1. The van der Waals surface area contributed by atoms with E-state index in [1.807, 2.05) is 30.3 Å². The Morgan fingerprint density at radius 2 is 1.81 bits per heavy atom. The average Bonchev–Trinajstić information content (AvgIpc) is 3.65. The van der Waals surface area contributed by atoms with Crippen molar-refractivity contribution in [3.05, 3.63) is 77.0 Å². The summed E-state index contributed by atoms with van der Waals surface area (Å²) in [6.07, 6.45) is 2.36. The average molecular weight is 593 g/mol. The molecule has 4 aromatic rings. The number of carbonyl (C=O) groups excluding carboxylic acids is 2. The minimum Gasteiger partial charge on any atom is -0.486 e. The normalized spacial score (nSPS) is 16.4. The summed E-state index contributed by atoms with van der Waals surface area (Å²) < 4.78 is 27.2. The van der Waals surface area contributed by atoms with E-state index in [0.29, 0.717) is 10.7 Å². The number of aliphatic hydroxyl groups excluding tert-OH is 1. The number of likely N-dealkylation sites (tertiary alicyclic amines) is 1. The van der Waals surface area contributed by atoms with Crippen molar-refractivity contribution in [3.8, 4) is 22.8 Å². The van der Waals surface area contributed by atoms with E-state index < -0.39 is 29.7 Å². The van der Waals surface area contributed by atoms with Gasteiger partial charge in [-0.3, -0.25) is 9.59 Å². The molecule has 218 valence electrons. The number of fused-ring (bicyclic) bond motifs is 2. The molecule has 3 heterocycles. The van der Waals surface area contributed by atoms with Gasteiger partial charge in [0.05, 0.1) is 11.7 Å². The second-order valence-electron chi connectivity index (χ2n) is 10.7. The number of ether oxygens (including phenoxy) is 2. The standard InChI is InChI=1S/C31H30ClFN4O5/c1-36-16-24(20-5-4-19-13-22(32)7-6-18(19)12-20)34-30(36)28(39)31(40)35-25(17-37-8-2-3-9-37)27(38)21-14-23(33)29-26(15-21)41-10-11-42-29/h4-7,12-16,25,27,38H,2-3,8-11,17H2,1H3,(H,35,40)/t25-,27-/m1/s1. The van der Waals surface area contributed by atoms with Crippen LogP contribution in [0, 0.1) is 5.82 Å². The van der Waals surface area contributed by atoms with Crippen molar-refractivity contribution in [1.29, 1.82) is 0 Å². The molecule has 1 amide bonds. The number of amides is 1. The summed E-state index contributed by atoms with van der Waals surface area (Å²) >= 11 is 6.10. The highest BCUT2D eigenvalue weighted by atomic mass is 35.5. The molecular formula is C31H30ClFN4O5. The maximum absolute atomic E-state index is 14.8. The van der Waals surface area contributed by atoms with Gasteiger partial charge in [0.25, 0.3) is 11.7 Å². The molecule has 11 heteroatoms. The molecular weight excluding hydrogens is 563 g/mol. The summed E-state index contributed by atoms with van der Waals surface area (Å²) in [4.78, 5) is 33.2. The Bertz CT molecular complexity index is 1670. The van der Waals surface area contributed by atoms with Gasteiger partial charge in [0.1, 0.15) is 19.3 Å². The highest BCUT2D eigenvalue weighted by Crippen LogP contribution is 2.36. The van der Waals surface area contributed by atoms with E-state index in [4.69, 9.17) is 21.1 Å². The van der Waals surface area contributed by atoms with Gasteiger partial charge in [-0.1, -0.05) is 29.8 Å². The number of aryl methyl sites for hydroxylation is 1. The zero-order chi connectivity index (χ0) is 29.4. The number of ketones is 1. The van der Waals surface area contributed by atoms with Crippen molar-refractivity contribution in [1.82, 2.24) is 19.8 Å².